The first-order chi connectivity index (χ1) is 8.60. The average molecular weight is 308 g/mol. The topological polar surface area (TPSA) is 32.3 Å². The van der Waals surface area contributed by atoms with Crippen LogP contribution in [0.2, 0.25) is 8.67 Å². The molecule has 1 unspecified atom stereocenters. The van der Waals surface area contributed by atoms with Gasteiger partial charge in [-0.05, 0) is 50.2 Å². The van der Waals surface area contributed by atoms with Gasteiger partial charge in [-0.1, -0.05) is 23.2 Å². The number of hydrogen-bond acceptors (Lipinski definition) is 3. The molecule has 0 aromatic carbocycles. The Morgan fingerprint density at radius 3 is 2.56 bits per heavy atom. The second-order valence-corrected chi connectivity index (χ2v) is 7.35. The average Bonchev–Trinajstić information content (AvgIpc) is 2.69. The molecule has 18 heavy (non-hydrogen) atoms. The van der Waals surface area contributed by atoms with Crippen LogP contribution in [-0.4, -0.2) is 17.8 Å². The maximum absolute atomic E-state index is 9.13. The number of nitrogens with one attached hydrogen (secondary N) is 1. The lowest BCUT2D eigenvalue weighted by atomic mass is 9.86. The van der Waals surface area contributed by atoms with Gasteiger partial charge in [-0.2, -0.15) is 0 Å². The van der Waals surface area contributed by atoms with E-state index in [1.54, 1.807) is 0 Å². The normalized spacial score (nSPS) is 26.2. The molecular formula is C13H19Cl2NOS. The molecule has 2 rings (SSSR count). The first kappa shape index (κ1) is 14.6. The molecule has 2 nitrogen and oxygen atoms in total. The number of thiophene rings is 1. The number of hydrogen-bond donors (Lipinski definition) is 2. The van der Waals surface area contributed by atoms with Crippen molar-refractivity contribution in [1.29, 1.82) is 0 Å². The molecule has 1 heterocycles. The van der Waals surface area contributed by atoms with Crippen LogP contribution in [0.1, 0.15) is 44.2 Å². The van der Waals surface area contributed by atoms with Gasteiger partial charge < -0.3 is 10.4 Å². The molecule has 102 valence electrons. The van der Waals surface area contributed by atoms with Crippen LogP contribution in [0.25, 0.3) is 0 Å². The maximum atomic E-state index is 9.13. The molecule has 0 aliphatic heterocycles. The van der Waals surface area contributed by atoms with Gasteiger partial charge in [0.25, 0.3) is 0 Å². The van der Waals surface area contributed by atoms with Crippen LogP contribution in [0.15, 0.2) is 6.07 Å². The Morgan fingerprint density at radius 2 is 2.06 bits per heavy atom. The van der Waals surface area contributed by atoms with E-state index < -0.39 is 0 Å². The predicted molar refractivity (Wildman–Crippen MR) is 78.7 cm³/mol. The maximum Gasteiger partial charge on any atom is 0.0991 e. The molecule has 2 N–H and O–H groups in total. The molecular weight excluding hydrogens is 289 g/mol. The zero-order valence-electron chi connectivity index (χ0n) is 10.5. The second-order valence-electron chi connectivity index (χ2n) is 5.07. The second kappa shape index (κ2) is 6.58. The third kappa shape index (κ3) is 3.61. The van der Waals surface area contributed by atoms with Gasteiger partial charge in [-0.3, -0.25) is 0 Å². The van der Waals surface area contributed by atoms with E-state index in [4.69, 9.17) is 28.3 Å². The van der Waals surface area contributed by atoms with E-state index in [9.17, 15) is 0 Å². The van der Waals surface area contributed by atoms with Gasteiger partial charge in [-0.15, -0.1) is 11.3 Å². The van der Waals surface area contributed by atoms with Crippen molar-refractivity contribution >= 4 is 34.5 Å². The first-order valence-corrected chi connectivity index (χ1v) is 7.99. The van der Waals surface area contributed by atoms with Gasteiger partial charge in [0, 0.05) is 18.7 Å². The van der Waals surface area contributed by atoms with E-state index in [1.807, 2.05) is 6.07 Å². The Balaban J connectivity index is 1.88. The van der Waals surface area contributed by atoms with Crippen molar-refractivity contribution in [3.05, 3.63) is 20.3 Å². The fourth-order valence-corrected chi connectivity index (χ4v) is 4.25. The molecule has 0 bridgehead atoms. The third-order valence-electron chi connectivity index (χ3n) is 3.74. The van der Waals surface area contributed by atoms with Crippen molar-refractivity contribution in [2.24, 2.45) is 5.92 Å². The van der Waals surface area contributed by atoms with Gasteiger partial charge in [0.1, 0.15) is 0 Å². The zero-order chi connectivity index (χ0) is 13.1. The SMILES string of the molecule is CC(NC1CCC(CO)CC1)c1cc(Cl)sc1Cl. The molecule has 1 saturated carbocycles. The molecule has 1 aromatic rings. The summed E-state index contributed by atoms with van der Waals surface area (Å²) in [6, 6.07) is 2.71. The van der Waals surface area contributed by atoms with Gasteiger partial charge in [0.2, 0.25) is 0 Å². The molecule has 1 aliphatic carbocycles. The van der Waals surface area contributed by atoms with Crippen molar-refractivity contribution in [3.8, 4) is 0 Å². The number of aliphatic hydroxyl groups excluding tert-OH is 1. The summed E-state index contributed by atoms with van der Waals surface area (Å²) in [6.07, 6.45) is 4.48. The van der Waals surface area contributed by atoms with E-state index >= 15 is 0 Å². The van der Waals surface area contributed by atoms with Gasteiger partial charge in [0.15, 0.2) is 0 Å². The van der Waals surface area contributed by atoms with Crippen molar-refractivity contribution in [2.45, 2.75) is 44.7 Å². The molecule has 0 saturated heterocycles. The number of aliphatic hydroxyl groups is 1. The summed E-state index contributed by atoms with van der Waals surface area (Å²) in [7, 11) is 0. The Hall–Kier alpha value is 0.200. The van der Waals surface area contributed by atoms with Crippen LogP contribution in [-0.2, 0) is 0 Å². The van der Waals surface area contributed by atoms with Crippen LogP contribution < -0.4 is 5.32 Å². The van der Waals surface area contributed by atoms with E-state index in [2.05, 4.69) is 12.2 Å². The predicted octanol–water partition coefficient (Wildman–Crippen LogP) is 4.26. The standard InChI is InChI=1S/C13H19Cl2NOS/c1-8(11-6-12(14)18-13(11)15)16-10-4-2-9(7-17)3-5-10/h6,8-10,16-17H,2-5,7H2,1H3. The molecule has 1 fully saturated rings. The monoisotopic (exact) mass is 307 g/mol. The Labute approximate surface area is 122 Å². The van der Waals surface area contributed by atoms with Crippen LogP contribution in [0.4, 0.5) is 0 Å². The van der Waals surface area contributed by atoms with Crippen LogP contribution >= 0.6 is 34.5 Å². The summed E-state index contributed by atoms with van der Waals surface area (Å²) in [5, 5.41) is 12.7. The lowest BCUT2D eigenvalue weighted by Crippen LogP contribution is -2.35. The van der Waals surface area contributed by atoms with E-state index in [0.29, 0.717) is 18.6 Å². The smallest absolute Gasteiger partial charge is 0.0991 e. The minimum absolute atomic E-state index is 0.233. The molecule has 1 atom stereocenters. The van der Waals surface area contributed by atoms with E-state index in [-0.39, 0.29) is 6.04 Å². The highest BCUT2D eigenvalue weighted by molar-refractivity contribution is 7.20. The lowest BCUT2D eigenvalue weighted by molar-refractivity contribution is 0.172. The fourth-order valence-electron chi connectivity index (χ4n) is 2.60. The summed E-state index contributed by atoms with van der Waals surface area (Å²) in [4.78, 5) is 0. The summed E-state index contributed by atoms with van der Waals surface area (Å²) < 4.78 is 1.52. The highest BCUT2D eigenvalue weighted by atomic mass is 35.5. The van der Waals surface area contributed by atoms with Crippen molar-refractivity contribution in [3.63, 3.8) is 0 Å². The van der Waals surface area contributed by atoms with Gasteiger partial charge in [0.05, 0.1) is 8.67 Å². The zero-order valence-corrected chi connectivity index (χ0v) is 12.8. The van der Waals surface area contributed by atoms with Crippen molar-refractivity contribution in [1.82, 2.24) is 5.32 Å². The van der Waals surface area contributed by atoms with E-state index in [0.717, 1.165) is 39.9 Å². The molecule has 5 heteroatoms. The fraction of sp³-hybridized carbons (Fsp3) is 0.692. The molecule has 0 spiro atoms. The lowest BCUT2D eigenvalue weighted by Gasteiger charge is -2.30. The van der Waals surface area contributed by atoms with Gasteiger partial charge >= 0.3 is 0 Å². The highest BCUT2D eigenvalue weighted by Gasteiger charge is 2.23. The molecule has 0 amide bonds. The summed E-state index contributed by atoms with van der Waals surface area (Å²) >= 11 is 13.6. The first-order valence-electron chi connectivity index (χ1n) is 6.41. The van der Waals surface area contributed by atoms with Crippen LogP contribution in [0.3, 0.4) is 0 Å². The Bertz CT molecular complexity index is 388. The molecule has 1 aromatic heterocycles. The third-order valence-corrected chi connectivity index (χ3v) is 5.26. The van der Waals surface area contributed by atoms with Crippen LogP contribution in [0.5, 0.6) is 0 Å². The quantitative estimate of drug-likeness (QED) is 0.871. The largest absolute Gasteiger partial charge is 0.396 e. The molecule has 0 radical (unpaired) electrons. The van der Waals surface area contributed by atoms with Crippen molar-refractivity contribution < 1.29 is 5.11 Å². The minimum atomic E-state index is 0.233. The van der Waals surface area contributed by atoms with Gasteiger partial charge in [-0.25, -0.2) is 0 Å². The van der Waals surface area contributed by atoms with Crippen molar-refractivity contribution in [2.75, 3.05) is 6.61 Å². The Morgan fingerprint density at radius 1 is 1.39 bits per heavy atom. The number of rotatable bonds is 4. The summed E-state index contributed by atoms with van der Waals surface area (Å²) in [5.74, 6) is 0.498. The summed E-state index contributed by atoms with van der Waals surface area (Å²) in [6.45, 7) is 2.45. The summed E-state index contributed by atoms with van der Waals surface area (Å²) in [5.41, 5.74) is 1.09. The minimum Gasteiger partial charge on any atom is -0.396 e. The van der Waals surface area contributed by atoms with E-state index in [1.165, 1.54) is 11.3 Å². The molecule has 1 aliphatic rings. The number of halogens is 2. The highest BCUT2D eigenvalue weighted by Crippen LogP contribution is 2.35. The van der Waals surface area contributed by atoms with Crippen LogP contribution in [0, 0.1) is 5.92 Å². The Kier molecular flexibility index (Phi) is 5.34.